The van der Waals surface area contributed by atoms with Gasteiger partial charge in [0.1, 0.15) is 11.8 Å². The van der Waals surface area contributed by atoms with Crippen LogP contribution in [0.5, 0.6) is 0 Å². The van der Waals surface area contributed by atoms with Gasteiger partial charge in [0.2, 0.25) is 5.95 Å². The summed E-state index contributed by atoms with van der Waals surface area (Å²) in [7, 11) is 0. The number of nitrogens with one attached hydrogen (secondary N) is 1. The van der Waals surface area contributed by atoms with E-state index in [1.54, 1.807) is 23.6 Å². The fourth-order valence-electron chi connectivity index (χ4n) is 1.38. The number of hydrogen-bond donors (Lipinski definition) is 1. The van der Waals surface area contributed by atoms with Crippen molar-refractivity contribution in [3.05, 3.63) is 39.8 Å². The van der Waals surface area contributed by atoms with Crippen LogP contribution in [-0.4, -0.2) is 9.97 Å². The zero-order valence-corrected chi connectivity index (χ0v) is 10.3. The molecular formula is C12H12N4S. The Kier molecular flexibility index (Phi) is 3.68. The van der Waals surface area contributed by atoms with E-state index >= 15 is 0 Å². The van der Waals surface area contributed by atoms with Crippen LogP contribution in [0.15, 0.2) is 24.4 Å². The van der Waals surface area contributed by atoms with Gasteiger partial charge in [-0.1, -0.05) is 6.92 Å². The highest BCUT2D eigenvalue weighted by Crippen LogP contribution is 2.17. The number of nitriles is 1. The highest BCUT2D eigenvalue weighted by molar-refractivity contribution is 7.12. The summed E-state index contributed by atoms with van der Waals surface area (Å²) in [6.07, 6.45) is 2.64. The predicted octanol–water partition coefficient (Wildman–Crippen LogP) is 2.58. The number of nitrogens with zero attached hydrogens (tertiary/aromatic N) is 3. The average molecular weight is 244 g/mol. The van der Waals surface area contributed by atoms with Gasteiger partial charge < -0.3 is 5.32 Å². The lowest BCUT2D eigenvalue weighted by molar-refractivity contribution is 1.06. The van der Waals surface area contributed by atoms with Crippen LogP contribution in [0.2, 0.25) is 0 Å². The molecule has 0 bridgehead atoms. The molecule has 0 aliphatic heterocycles. The molecule has 0 aliphatic carbocycles. The third-order valence-corrected chi connectivity index (χ3v) is 3.49. The highest BCUT2D eigenvalue weighted by atomic mass is 32.1. The summed E-state index contributed by atoms with van der Waals surface area (Å²) >= 11 is 1.78. The molecule has 0 fully saturated rings. The molecule has 0 atom stereocenters. The van der Waals surface area contributed by atoms with Crippen LogP contribution in [0.4, 0.5) is 5.95 Å². The van der Waals surface area contributed by atoms with E-state index in [2.05, 4.69) is 34.3 Å². The van der Waals surface area contributed by atoms with Crippen LogP contribution in [0.25, 0.3) is 0 Å². The van der Waals surface area contributed by atoms with Crippen molar-refractivity contribution in [2.24, 2.45) is 0 Å². The largest absolute Gasteiger partial charge is 0.349 e. The summed E-state index contributed by atoms with van der Waals surface area (Å²) in [5.74, 6) is 0.496. The molecule has 5 heteroatoms. The van der Waals surface area contributed by atoms with Gasteiger partial charge >= 0.3 is 0 Å². The number of hydrogen-bond acceptors (Lipinski definition) is 5. The predicted molar refractivity (Wildman–Crippen MR) is 67.8 cm³/mol. The second-order valence-electron chi connectivity index (χ2n) is 3.45. The summed E-state index contributed by atoms with van der Waals surface area (Å²) in [5, 5.41) is 11.8. The minimum Gasteiger partial charge on any atom is -0.349 e. The molecule has 0 unspecified atom stereocenters. The molecule has 0 radical (unpaired) electrons. The fraction of sp³-hybridized carbons (Fsp3) is 0.250. The normalized spacial score (nSPS) is 9.88. The molecule has 0 saturated heterocycles. The first-order valence-electron chi connectivity index (χ1n) is 5.36. The molecule has 2 aromatic heterocycles. The maximum absolute atomic E-state index is 8.72. The first kappa shape index (κ1) is 11.6. The molecule has 0 aliphatic rings. The molecule has 2 heterocycles. The van der Waals surface area contributed by atoms with Crippen LogP contribution < -0.4 is 5.32 Å². The SMILES string of the molecule is CCc1ccc(CNc2nccc(C#N)n2)s1. The minimum atomic E-state index is 0.378. The fourth-order valence-corrected chi connectivity index (χ4v) is 2.28. The van der Waals surface area contributed by atoms with Crippen molar-refractivity contribution in [2.45, 2.75) is 19.9 Å². The van der Waals surface area contributed by atoms with Crippen molar-refractivity contribution in [1.82, 2.24) is 9.97 Å². The maximum atomic E-state index is 8.72. The van der Waals surface area contributed by atoms with Gasteiger partial charge in [0.15, 0.2) is 0 Å². The van der Waals surface area contributed by atoms with Gasteiger partial charge in [0, 0.05) is 16.0 Å². The lowest BCUT2D eigenvalue weighted by Gasteiger charge is -2.02. The van der Waals surface area contributed by atoms with E-state index in [0.29, 0.717) is 18.2 Å². The first-order chi connectivity index (χ1) is 8.31. The second kappa shape index (κ2) is 5.41. The van der Waals surface area contributed by atoms with E-state index in [0.717, 1.165) is 6.42 Å². The van der Waals surface area contributed by atoms with Gasteiger partial charge in [-0.05, 0) is 24.6 Å². The molecule has 0 spiro atoms. The van der Waals surface area contributed by atoms with Gasteiger partial charge in [0.25, 0.3) is 0 Å². The molecule has 0 amide bonds. The van der Waals surface area contributed by atoms with Gasteiger partial charge in [-0.3, -0.25) is 0 Å². The van der Waals surface area contributed by atoms with Crippen LogP contribution in [-0.2, 0) is 13.0 Å². The molecule has 0 aromatic carbocycles. The smallest absolute Gasteiger partial charge is 0.224 e. The summed E-state index contributed by atoms with van der Waals surface area (Å²) in [6.45, 7) is 2.84. The standard InChI is InChI=1S/C12H12N4S/c1-2-10-3-4-11(17-10)8-15-12-14-6-5-9(7-13)16-12/h3-6H,2,8H2,1H3,(H,14,15,16). The number of rotatable bonds is 4. The Morgan fingerprint density at radius 3 is 2.88 bits per heavy atom. The molecule has 17 heavy (non-hydrogen) atoms. The highest BCUT2D eigenvalue weighted by Gasteiger charge is 2.01. The van der Waals surface area contributed by atoms with E-state index in [-0.39, 0.29) is 0 Å². The molecular weight excluding hydrogens is 232 g/mol. The van der Waals surface area contributed by atoms with Gasteiger partial charge in [0.05, 0.1) is 6.54 Å². The topological polar surface area (TPSA) is 61.6 Å². The number of thiophene rings is 1. The number of aryl methyl sites for hydroxylation is 1. The Balaban J connectivity index is 1.99. The van der Waals surface area contributed by atoms with Crippen LogP contribution >= 0.6 is 11.3 Å². The minimum absolute atomic E-state index is 0.378. The Morgan fingerprint density at radius 2 is 2.18 bits per heavy atom. The van der Waals surface area contributed by atoms with Gasteiger partial charge in [-0.15, -0.1) is 11.3 Å². The molecule has 2 aromatic rings. The Morgan fingerprint density at radius 1 is 1.35 bits per heavy atom. The third kappa shape index (κ3) is 3.02. The summed E-state index contributed by atoms with van der Waals surface area (Å²) in [4.78, 5) is 10.7. The molecule has 2 rings (SSSR count). The lowest BCUT2D eigenvalue weighted by Crippen LogP contribution is -2.02. The molecule has 86 valence electrons. The van der Waals surface area contributed by atoms with Crippen LogP contribution in [0, 0.1) is 11.3 Å². The molecule has 1 N–H and O–H groups in total. The van der Waals surface area contributed by atoms with Crippen LogP contribution in [0.1, 0.15) is 22.4 Å². The first-order valence-corrected chi connectivity index (χ1v) is 6.18. The van der Waals surface area contributed by atoms with E-state index in [9.17, 15) is 0 Å². The quantitative estimate of drug-likeness (QED) is 0.898. The van der Waals surface area contributed by atoms with Crippen molar-refractivity contribution in [1.29, 1.82) is 5.26 Å². The maximum Gasteiger partial charge on any atom is 0.224 e. The van der Waals surface area contributed by atoms with Gasteiger partial charge in [-0.25, -0.2) is 9.97 Å². The second-order valence-corrected chi connectivity index (χ2v) is 4.71. The Bertz CT molecular complexity index is 541. The van der Waals surface area contributed by atoms with Crippen molar-refractivity contribution in [3.63, 3.8) is 0 Å². The Labute approximate surface area is 104 Å². The van der Waals surface area contributed by atoms with Gasteiger partial charge in [-0.2, -0.15) is 5.26 Å². The summed E-state index contributed by atoms with van der Waals surface area (Å²) in [5.41, 5.74) is 0.378. The number of anilines is 1. The zero-order chi connectivity index (χ0) is 12.1. The lowest BCUT2D eigenvalue weighted by atomic mass is 10.3. The van der Waals surface area contributed by atoms with Crippen molar-refractivity contribution >= 4 is 17.3 Å². The van der Waals surface area contributed by atoms with E-state index in [1.807, 2.05) is 6.07 Å². The monoisotopic (exact) mass is 244 g/mol. The average Bonchev–Trinajstić information content (AvgIpc) is 2.84. The Hall–Kier alpha value is -1.93. The summed E-state index contributed by atoms with van der Waals surface area (Å²) in [6, 6.07) is 7.81. The van der Waals surface area contributed by atoms with E-state index < -0.39 is 0 Å². The molecule has 4 nitrogen and oxygen atoms in total. The molecule has 0 saturated carbocycles. The van der Waals surface area contributed by atoms with E-state index in [1.165, 1.54) is 9.75 Å². The van der Waals surface area contributed by atoms with Crippen LogP contribution in [0.3, 0.4) is 0 Å². The number of aromatic nitrogens is 2. The third-order valence-electron chi connectivity index (χ3n) is 2.26. The van der Waals surface area contributed by atoms with Crippen molar-refractivity contribution in [2.75, 3.05) is 5.32 Å². The zero-order valence-electron chi connectivity index (χ0n) is 9.47. The van der Waals surface area contributed by atoms with E-state index in [4.69, 9.17) is 5.26 Å². The van der Waals surface area contributed by atoms with Crippen molar-refractivity contribution in [3.8, 4) is 6.07 Å². The summed E-state index contributed by atoms with van der Waals surface area (Å²) < 4.78 is 0. The van der Waals surface area contributed by atoms with Crippen molar-refractivity contribution < 1.29 is 0 Å².